The highest BCUT2D eigenvalue weighted by molar-refractivity contribution is 7.10. The van der Waals surface area contributed by atoms with Crippen LogP contribution >= 0.6 is 22.9 Å². The number of aliphatic hydroxyl groups excluding tert-OH is 2. The second kappa shape index (κ2) is 11.3. The maximum atomic E-state index is 13.3. The van der Waals surface area contributed by atoms with Gasteiger partial charge < -0.3 is 20.4 Å². The molecule has 10 heteroatoms. The van der Waals surface area contributed by atoms with Crippen molar-refractivity contribution < 1.29 is 24.2 Å². The lowest BCUT2D eigenvalue weighted by Gasteiger charge is -2.28. The maximum absolute atomic E-state index is 13.3. The van der Waals surface area contributed by atoms with Crippen LogP contribution < -0.4 is 5.32 Å². The smallest absolute Gasteiger partial charge is 0.255 e. The Hall–Kier alpha value is -2.85. The van der Waals surface area contributed by atoms with Gasteiger partial charge in [-0.3, -0.25) is 9.59 Å². The first kappa shape index (κ1) is 25.2. The molecule has 2 aromatic heterocycles. The van der Waals surface area contributed by atoms with Crippen molar-refractivity contribution in [1.82, 2.24) is 15.2 Å². The quantitative estimate of drug-likeness (QED) is 0.398. The Balaban J connectivity index is 1.31. The average molecular weight is 518 g/mol. The fourth-order valence-electron chi connectivity index (χ4n) is 4.15. The van der Waals surface area contributed by atoms with E-state index in [0.29, 0.717) is 31.0 Å². The predicted molar refractivity (Wildman–Crippen MR) is 130 cm³/mol. The molecule has 184 valence electrons. The number of thiophene rings is 1. The Kier molecular flexibility index (Phi) is 8.12. The van der Waals surface area contributed by atoms with E-state index in [2.05, 4.69) is 10.3 Å². The van der Waals surface area contributed by atoms with Crippen molar-refractivity contribution >= 4 is 34.8 Å². The summed E-state index contributed by atoms with van der Waals surface area (Å²) in [6.45, 7) is 0.537. The molecule has 0 saturated carbocycles. The summed E-state index contributed by atoms with van der Waals surface area (Å²) in [7, 11) is 0. The van der Waals surface area contributed by atoms with Crippen molar-refractivity contribution in [3.8, 4) is 0 Å². The van der Waals surface area contributed by atoms with Crippen molar-refractivity contribution in [3.63, 3.8) is 0 Å². The summed E-state index contributed by atoms with van der Waals surface area (Å²) < 4.78 is 13.3. The Morgan fingerprint density at radius 2 is 1.94 bits per heavy atom. The summed E-state index contributed by atoms with van der Waals surface area (Å²) in [5, 5.41) is 25.7. The summed E-state index contributed by atoms with van der Waals surface area (Å²) >= 11 is 7.26. The highest BCUT2D eigenvalue weighted by atomic mass is 35.5. The van der Waals surface area contributed by atoms with Gasteiger partial charge in [0.2, 0.25) is 0 Å². The largest absolute Gasteiger partial charge is 0.380 e. The number of nitrogens with one attached hydrogen (secondary N) is 1. The number of pyridine rings is 1. The second-order valence-electron chi connectivity index (χ2n) is 8.44. The molecule has 0 bridgehead atoms. The monoisotopic (exact) mass is 517 g/mol. The van der Waals surface area contributed by atoms with Gasteiger partial charge in [0.05, 0.1) is 12.6 Å². The Bertz CT molecular complexity index is 1170. The first-order chi connectivity index (χ1) is 16.8. The zero-order valence-corrected chi connectivity index (χ0v) is 20.3. The standard InChI is InChI=1S/C25H25ClFN3O4S/c26-21-8-3-15(12-28-21)10-16-11-19(35-14-16)13-29-24(33)22(31)23(32)25(34)30-9-1-2-20(30)17-4-6-18(27)7-5-17/h3-8,11-12,14,20,22-23,31-32H,1-2,9-10,13H2,(H,29,33)/t20?,22-,23-/m1/s1. The van der Waals surface area contributed by atoms with E-state index in [-0.39, 0.29) is 18.4 Å². The Labute approximate surface area is 211 Å². The number of rotatable bonds is 8. The normalized spacial score (nSPS) is 17.3. The van der Waals surface area contributed by atoms with Crippen LogP contribution in [0.3, 0.4) is 0 Å². The summed E-state index contributed by atoms with van der Waals surface area (Å²) in [5.74, 6) is -1.94. The number of benzene rings is 1. The van der Waals surface area contributed by atoms with Crippen LogP contribution in [0.1, 0.15) is 40.5 Å². The van der Waals surface area contributed by atoms with E-state index >= 15 is 0 Å². The zero-order valence-electron chi connectivity index (χ0n) is 18.7. The van der Waals surface area contributed by atoms with Crippen LogP contribution in [0.15, 0.2) is 54.0 Å². The molecule has 1 unspecified atom stereocenters. The number of aromatic nitrogens is 1. The van der Waals surface area contributed by atoms with Gasteiger partial charge in [-0.05, 0) is 65.6 Å². The third-order valence-electron chi connectivity index (χ3n) is 5.95. The van der Waals surface area contributed by atoms with Gasteiger partial charge >= 0.3 is 0 Å². The van der Waals surface area contributed by atoms with Crippen LogP contribution in [-0.4, -0.2) is 50.7 Å². The minimum atomic E-state index is -1.91. The van der Waals surface area contributed by atoms with E-state index < -0.39 is 24.0 Å². The van der Waals surface area contributed by atoms with Crippen LogP contribution in [0, 0.1) is 5.82 Å². The molecule has 1 saturated heterocycles. The summed E-state index contributed by atoms with van der Waals surface area (Å²) in [6, 6.07) is 11.0. The predicted octanol–water partition coefficient (Wildman–Crippen LogP) is 3.23. The van der Waals surface area contributed by atoms with E-state index in [1.54, 1.807) is 24.4 Å². The molecule has 0 spiro atoms. The lowest BCUT2D eigenvalue weighted by molar-refractivity contribution is -0.153. The van der Waals surface area contributed by atoms with Crippen LogP contribution in [-0.2, 0) is 22.6 Å². The molecule has 1 fully saturated rings. The lowest BCUT2D eigenvalue weighted by Crippen LogP contribution is -2.50. The van der Waals surface area contributed by atoms with Crippen LogP contribution in [0.4, 0.5) is 4.39 Å². The number of likely N-dealkylation sites (tertiary alicyclic amines) is 1. The molecule has 2 amide bonds. The SMILES string of the molecule is O=C(NCc1cc(Cc2ccc(Cl)nc2)cs1)[C@H](O)[C@@H](O)C(=O)N1CCCC1c1ccc(F)cc1. The van der Waals surface area contributed by atoms with E-state index in [1.807, 2.05) is 17.5 Å². The highest BCUT2D eigenvalue weighted by Crippen LogP contribution is 2.32. The molecule has 1 aromatic carbocycles. The second-order valence-corrected chi connectivity index (χ2v) is 9.82. The van der Waals surface area contributed by atoms with Gasteiger partial charge in [0.25, 0.3) is 11.8 Å². The van der Waals surface area contributed by atoms with E-state index in [9.17, 15) is 24.2 Å². The first-order valence-corrected chi connectivity index (χ1v) is 12.4. The van der Waals surface area contributed by atoms with E-state index in [4.69, 9.17) is 11.6 Å². The molecule has 1 aliphatic rings. The molecule has 3 aromatic rings. The minimum absolute atomic E-state index is 0.155. The van der Waals surface area contributed by atoms with Gasteiger partial charge in [-0.25, -0.2) is 9.37 Å². The Morgan fingerprint density at radius 3 is 2.66 bits per heavy atom. The van der Waals surface area contributed by atoms with Gasteiger partial charge in [0, 0.05) is 17.6 Å². The molecule has 4 rings (SSSR count). The highest BCUT2D eigenvalue weighted by Gasteiger charge is 2.38. The van der Waals surface area contributed by atoms with Gasteiger partial charge in [-0.2, -0.15) is 0 Å². The van der Waals surface area contributed by atoms with Crippen LogP contribution in [0.2, 0.25) is 5.15 Å². The molecule has 35 heavy (non-hydrogen) atoms. The third-order valence-corrected chi connectivity index (χ3v) is 7.16. The first-order valence-electron chi connectivity index (χ1n) is 11.2. The molecule has 3 N–H and O–H groups in total. The zero-order chi connectivity index (χ0) is 24.9. The molecular formula is C25H25ClFN3O4S. The van der Waals surface area contributed by atoms with Crippen molar-refractivity contribution in [2.45, 2.75) is 44.1 Å². The maximum Gasteiger partial charge on any atom is 0.255 e. The minimum Gasteiger partial charge on any atom is -0.380 e. The van der Waals surface area contributed by atoms with Crippen LogP contribution in [0.5, 0.6) is 0 Å². The number of aliphatic hydroxyl groups is 2. The number of halogens is 2. The van der Waals surface area contributed by atoms with Crippen LogP contribution in [0.25, 0.3) is 0 Å². The number of amides is 2. The molecule has 3 heterocycles. The fraction of sp³-hybridized carbons (Fsp3) is 0.320. The molecule has 3 atom stereocenters. The van der Waals surface area contributed by atoms with Crippen molar-refractivity contribution in [2.24, 2.45) is 0 Å². The number of nitrogens with zero attached hydrogens (tertiary/aromatic N) is 2. The molecule has 0 aliphatic carbocycles. The average Bonchev–Trinajstić information content (AvgIpc) is 3.53. The molecule has 1 aliphatic heterocycles. The molecular weight excluding hydrogens is 493 g/mol. The van der Waals surface area contributed by atoms with Crippen molar-refractivity contribution in [3.05, 3.63) is 86.6 Å². The van der Waals surface area contributed by atoms with Crippen molar-refractivity contribution in [1.29, 1.82) is 0 Å². The number of hydrogen-bond donors (Lipinski definition) is 3. The Morgan fingerprint density at radius 1 is 1.17 bits per heavy atom. The third kappa shape index (κ3) is 6.24. The number of carbonyl (C=O) groups is 2. The summed E-state index contributed by atoms with van der Waals surface area (Å²) in [6.07, 6.45) is -0.0782. The number of hydrogen-bond acceptors (Lipinski definition) is 6. The molecule has 0 radical (unpaired) electrons. The van der Waals surface area contributed by atoms with E-state index in [0.717, 1.165) is 21.6 Å². The topological polar surface area (TPSA) is 103 Å². The summed E-state index contributed by atoms with van der Waals surface area (Å²) in [4.78, 5) is 31.7. The lowest BCUT2D eigenvalue weighted by atomic mass is 10.0. The number of carbonyl (C=O) groups excluding carboxylic acids is 2. The van der Waals surface area contributed by atoms with Crippen molar-refractivity contribution in [2.75, 3.05) is 6.54 Å². The van der Waals surface area contributed by atoms with Gasteiger partial charge in [0.1, 0.15) is 11.0 Å². The molecule has 7 nitrogen and oxygen atoms in total. The van der Waals surface area contributed by atoms with Gasteiger partial charge in [0.15, 0.2) is 12.2 Å². The summed E-state index contributed by atoms with van der Waals surface area (Å²) in [5.41, 5.74) is 2.78. The fourth-order valence-corrected chi connectivity index (χ4v) is 5.09. The van der Waals surface area contributed by atoms with Gasteiger partial charge in [-0.15, -0.1) is 11.3 Å². The van der Waals surface area contributed by atoms with Gasteiger partial charge in [-0.1, -0.05) is 29.8 Å². The van der Waals surface area contributed by atoms with E-state index in [1.165, 1.54) is 28.4 Å².